The Bertz CT molecular complexity index is 1120. The van der Waals surface area contributed by atoms with Crippen molar-refractivity contribution in [2.24, 2.45) is 0 Å². The van der Waals surface area contributed by atoms with Crippen LogP contribution in [0.25, 0.3) is 0 Å². The highest BCUT2D eigenvalue weighted by Crippen LogP contribution is 2.27. The summed E-state index contributed by atoms with van der Waals surface area (Å²) >= 11 is 0. The van der Waals surface area contributed by atoms with Gasteiger partial charge in [-0.3, -0.25) is 4.79 Å². The fraction of sp³-hybridized carbons (Fsp3) is 0.227. The fourth-order valence-electron chi connectivity index (χ4n) is 2.98. The second-order valence-corrected chi connectivity index (χ2v) is 8.31. The number of benzene rings is 2. The summed E-state index contributed by atoms with van der Waals surface area (Å²) in [6, 6.07) is 15.0. The summed E-state index contributed by atoms with van der Waals surface area (Å²) in [4.78, 5) is 15.0. The van der Waals surface area contributed by atoms with Crippen molar-refractivity contribution < 1.29 is 31.3 Å². The van der Waals surface area contributed by atoms with Crippen molar-refractivity contribution in [1.29, 1.82) is 0 Å². The lowest BCUT2D eigenvalue weighted by Gasteiger charge is -2.23. The summed E-state index contributed by atoms with van der Waals surface area (Å²) in [5.74, 6) is 1.54. The van der Waals surface area contributed by atoms with Gasteiger partial charge in [-0.2, -0.15) is 8.42 Å². The lowest BCUT2D eigenvalue weighted by atomic mass is 10.1. The van der Waals surface area contributed by atoms with Crippen LogP contribution < -0.4 is 13.7 Å². The lowest BCUT2D eigenvalue weighted by Crippen LogP contribution is -2.30. The molecule has 0 atom stereocenters. The normalized spacial score (nSPS) is 11.1. The number of carbonyl (C=O) groups is 1. The maximum absolute atomic E-state index is 13.4. The van der Waals surface area contributed by atoms with E-state index in [9.17, 15) is 13.2 Å². The highest BCUT2D eigenvalue weighted by atomic mass is 32.2. The van der Waals surface area contributed by atoms with Crippen molar-refractivity contribution in [2.75, 3.05) is 20.5 Å². The molecule has 2 aromatic carbocycles. The number of hydrogen-bond donors (Lipinski definition) is 0. The van der Waals surface area contributed by atoms with E-state index in [1.54, 1.807) is 65.8 Å². The Kier molecular flexibility index (Phi) is 6.86. The molecule has 0 fully saturated rings. The van der Waals surface area contributed by atoms with Gasteiger partial charge in [-0.25, -0.2) is 0 Å². The smallest absolute Gasteiger partial charge is 0.306 e. The third-order valence-electron chi connectivity index (χ3n) is 4.40. The fourth-order valence-corrected chi connectivity index (χ4v) is 3.44. The van der Waals surface area contributed by atoms with Gasteiger partial charge in [0.25, 0.3) is 5.91 Å². The molecular formula is C22H23NO7S. The van der Waals surface area contributed by atoms with E-state index in [0.717, 1.165) is 11.8 Å². The predicted octanol–water partition coefficient (Wildman–Crippen LogP) is 3.48. The molecule has 1 amide bonds. The average Bonchev–Trinajstić information content (AvgIpc) is 3.25. The Morgan fingerprint density at radius 3 is 2.26 bits per heavy atom. The number of ether oxygens (including phenoxy) is 2. The molecule has 8 nitrogen and oxygen atoms in total. The number of nitrogens with zero attached hydrogens (tertiary/aromatic N) is 1. The van der Waals surface area contributed by atoms with Crippen LogP contribution in [0.2, 0.25) is 0 Å². The quantitative estimate of drug-likeness (QED) is 0.465. The van der Waals surface area contributed by atoms with Gasteiger partial charge in [-0.15, -0.1) is 0 Å². The maximum Gasteiger partial charge on any atom is 0.306 e. The van der Waals surface area contributed by atoms with Crippen molar-refractivity contribution in [3.05, 3.63) is 77.7 Å². The summed E-state index contributed by atoms with van der Waals surface area (Å²) in [5.41, 5.74) is 1.17. The number of furan rings is 1. The summed E-state index contributed by atoms with van der Waals surface area (Å²) < 4.78 is 43.4. The maximum atomic E-state index is 13.4. The molecular weight excluding hydrogens is 422 g/mol. The van der Waals surface area contributed by atoms with Crippen LogP contribution in [0.3, 0.4) is 0 Å². The topological polar surface area (TPSA) is 95.3 Å². The van der Waals surface area contributed by atoms with Crippen LogP contribution in [0, 0.1) is 0 Å². The van der Waals surface area contributed by atoms with Gasteiger partial charge in [-0.1, -0.05) is 12.1 Å². The van der Waals surface area contributed by atoms with Crippen LogP contribution in [-0.4, -0.2) is 39.7 Å². The first-order valence-corrected chi connectivity index (χ1v) is 11.1. The Morgan fingerprint density at radius 1 is 0.968 bits per heavy atom. The predicted molar refractivity (Wildman–Crippen MR) is 114 cm³/mol. The lowest BCUT2D eigenvalue weighted by molar-refractivity contribution is 0.0714. The van der Waals surface area contributed by atoms with Crippen LogP contribution in [0.1, 0.15) is 21.7 Å². The zero-order valence-electron chi connectivity index (χ0n) is 17.4. The molecule has 0 bridgehead atoms. The van der Waals surface area contributed by atoms with Crippen molar-refractivity contribution in [2.45, 2.75) is 13.1 Å². The first-order chi connectivity index (χ1) is 14.8. The minimum Gasteiger partial charge on any atom is -0.497 e. The first kappa shape index (κ1) is 22.2. The zero-order valence-corrected chi connectivity index (χ0v) is 18.2. The van der Waals surface area contributed by atoms with E-state index in [1.165, 1.54) is 14.2 Å². The molecule has 3 aromatic rings. The number of hydrogen-bond acceptors (Lipinski definition) is 7. The van der Waals surface area contributed by atoms with E-state index < -0.39 is 10.1 Å². The van der Waals surface area contributed by atoms with E-state index in [-0.39, 0.29) is 24.7 Å². The molecule has 0 saturated carbocycles. The molecule has 0 aliphatic rings. The Hall–Kier alpha value is -3.46. The van der Waals surface area contributed by atoms with E-state index in [2.05, 4.69) is 0 Å². The Labute approximate surface area is 181 Å². The molecule has 0 N–H and O–H groups in total. The van der Waals surface area contributed by atoms with Crippen LogP contribution in [0.4, 0.5) is 0 Å². The van der Waals surface area contributed by atoms with E-state index >= 15 is 0 Å². The molecule has 1 heterocycles. The third-order valence-corrected chi connectivity index (χ3v) is 4.89. The monoisotopic (exact) mass is 445 g/mol. The molecule has 1 aromatic heterocycles. The SMILES string of the molecule is COc1ccc(C(=O)N(Cc2ccc(OS(C)(=O)=O)cc2)Cc2ccco2)c(OC)c1. The van der Waals surface area contributed by atoms with Gasteiger partial charge in [0.2, 0.25) is 0 Å². The van der Waals surface area contributed by atoms with Gasteiger partial charge in [-0.05, 0) is 42.0 Å². The minimum absolute atomic E-state index is 0.201. The summed E-state index contributed by atoms with van der Waals surface area (Å²) in [7, 11) is -0.584. The summed E-state index contributed by atoms with van der Waals surface area (Å²) in [6.45, 7) is 0.497. The van der Waals surface area contributed by atoms with Gasteiger partial charge < -0.3 is 23.0 Å². The van der Waals surface area contributed by atoms with Crippen LogP contribution in [-0.2, 0) is 23.2 Å². The molecule has 0 unspecified atom stereocenters. The molecule has 9 heteroatoms. The standard InChI is InChI=1S/C22H23NO7S/c1-27-18-10-11-20(21(13-18)28-2)22(24)23(15-19-5-4-12-29-19)14-16-6-8-17(9-7-16)30-31(3,25)26/h4-13H,14-15H2,1-3H3. The van der Waals surface area contributed by atoms with Gasteiger partial charge >= 0.3 is 10.1 Å². The Balaban J connectivity index is 1.87. The molecule has 0 aliphatic heterocycles. The first-order valence-electron chi connectivity index (χ1n) is 9.31. The number of carbonyl (C=O) groups excluding carboxylic acids is 1. The second-order valence-electron chi connectivity index (χ2n) is 6.74. The van der Waals surface area contributed by atoms with E-state index in [0.29, 0.717) is 22.8 Å². The molecule has 0 saturated heterocycles. The van der Waals surface area contributed by atoms with E-state index in [1.807, 2.05) is 0 Å². The zero-order chi connectivity index (χ0) is 22.4. The third kappa shape index (κ3) is 6.02. The second kappa shape index (κ2) is 9.57. The van der Waals surface area contributed by atoms with Crippen molar-refractivity contribution in [3.8, 4) is 17.2 Å². The largest absolute Gasteiger partial charge is 0.497 e. The number of rotatable bonds is 9. The van der Waals surface area contributed by atoms with E-state index in [4.69, 9.17) is 18.1 Å². The molecule has 31 heavy (non-hydrogen) atoms. The van der Waals surface area contributed by atoms with Crippen LogP contribution >= 0.6 is 0 Å². The van der Waals surface area contributed by atoms with Gasteiger partial charge in [0.15, 0.2) is 0 Å². The van der Waals surface area contributed by atoms with Crippen molar-refractivity contribution in [1.82, 2.24) is 4.90 Å². The Morgan fingerprint density at radius 2 is 1.68 bits per heavy atom. The molecule has 3 rings (SSSR count). The molecule has 0 spiro atoms. The van der Waals surface area contributed by atoms with Crippen LogP contribution in [0.5, 0.6) is 17.2 Å². The van der Waals surface area contributed by atoms with Gasteiger partial charge in [0, 0.05) is 12.6 Å². The highest BCUT2D eigenvalue weighted by molar-refractivity contribution is 7.86. The molecule has 0 radical (unpaired) electrons. The number of methoxy groups -OCH3 is 2. The van der Waals surface area contributed by atoms with Crippen molar-refractivity contribution in [3.63, 3.8) is 0 Å². The van der Waals surface area contributed by atoms with Crippen LogP contribution in [0.15, 0.2) is 65.3 Å². The van der Waals surface area contributed by atoms with Crippen molar-refractivity contribution >= 4 is 16.0 Å². The summed E-state index contributed by atoms with van der Waals surface area (Å²) in [6.07, 6.45) is 2.52. The molecule has 0 aliphatic carbocycles. The van der Waals surface area contributed by atoms with Gasteiger partial charge in [0.05, 0.1) is 38.8 Å². The highest BCUT2D eigenvalue weighted by Gasteiger charge is 2.22. The summed E-state index contributed by atoms with van der Waals surface area (Å²) in [5, 5.41) is 0. The minimum atomic E-state index is -3.61. The van der Waals surface area contributed by atoms with Gasteiger partial charge in [0.1, 0.15) is 23.0 Å². The molecule has 164 valence electrons. The number of amides is 1. The average molecular weight is 445 g/mol.